The molecule has 0 bridgehead atoms. The summed E-state index contributed by atoms with van der Waals surface area (Å²) < 4.78 is 26.1. The van der Waals surface area contributed by atoms with E-state index in [1.807, 2.05) is 13.8 Å². The minimum atomic E-state index is -3.53. The number of anilines is 1. The minimum absolute atomic E-state index is 0.0125. The molecule has 1 aromatic rings. The first-order chi connectivity index (χ1) is 7.51. The van der Waals surface area contributed by atoms with Crippen LogP contribution in [0.5, 0.6) is 0 Å². The van der Waals surface area contributed by atoms with Crippen molar-refractivity contribution in [1.29, 1.82) is 0 Å². The Labute approximate surface area is 95.7 Å². The molecule has 0 aliphatic rings. The first kappa shape index (κ1) is 13.0. The molecule has 1 aromatic heterocycles. The number of nitrogen functional groups attached to an aromatic ring is 1. The Balaban J connectivity index is 2.70. The molecule has 1 heterocycles. The smallest absolute Gasteiger partial charge is 0.245 e. The fourth-order valence-corrected chi connectivity index (χ4v) is 2.52. The van der Waals surface area contributed by atoms with Crippen molar-refractivity contribution in [2.75, 3.05) is 12.3 Å². The summed E-state index contributed by atoms with van der Waals surface area (Å²) in [6, 6.07) is 0. The summed E-state index contributed by atoms with van der Waals surface area (Å²) in [7, 11) is -3.53. The molecule has 92 valence electrons. The van der Waals surface area contributed by atoms with E-state index >= 15 is 0 Å². The molecule has 0 aliphatic heterocycles. The number of H-pyrrole nitrogens is 1. The molecule has 0 atom stereocenters. The van der Waals surface area contributed by atoms with Gasteiger partial charge in [-0.05, 0) is 5.92 Å². The minimum Gasteiger partial charge on any atom is -0.383 e. The zero-order chi connectivity index (χ0) is 12.2. The molecule has 7 heteroatoms. The van der Waals surface area contributed by atoms with Gasteiger partial charge in [-0.25, -0.2) is 13.1 Å². The van der Waals surface area contributed by atoms with Crippen molar-refractivity contribution in [3.8, 4) is 0 Å². The van der Waals surface area contributed by atoms with Crippen molar-refractivity contribution in [3.63, 3.8) is 0 Å². The summed E-state index contributed by atoms with van der Waals surface area (Å²) >= 11 is 0. The molecule has 0 spiro atoms. The van der Waals surface area contributed by atoms with Crippen LogP contribution in [0.15, 0.2) is 11.1 Å². The van der Waals surface area contributed by atoms with Crippen molar-refractivity contribution >= 4 is 15.8 Å². The van der Waals surface area contributed by atoms with Crippen LogP contribution in [-0.4, -0.2) is 25.2 Å². The van der Waals surface area contributed by atoms with Crippen molar-refractivity contribution in [2.24, 2.45) is 5.92 Å². The third kappa shape index (κ3) is 2.96. The molecule has 1 rings (SSSR count). The molecule has 0 fully saturated rings. The molecule has 0 aliphatic carbocycles. The summed E-state index contributed by atoms with van der Waals surface area (Å²) in [5.74, 6) is 0.417. The molecule has 0 amide bonds. The van der Waals surface area contributed by atoms with Crippen molar-refractivity contribution < 1.29 is 8.42 Å². The van der Waals surface area contributed by atoms with Crippen LogP contribution in [0, 0.1) is 5.92 Å². The molecule has 0 unspecified atom stereocenters. The third-order valence-electron chi connectivity index (χ3n) is 2.64. The number of rotatable bonds is 6. The normalized spacial score (nSPS) is 12.2. The fourth-order valence-electron chi connectivity index (χ4n) is 1.38. The van der Waals surface area contributed by atoms with E-state index in [0.717, 1.165) is 12.8 Å². The highest BCUT2D eigenvalue weighted by Gasteiger charge is 2.19. The predicted molar refractivity (Wildman–Crippen MR) is 62.3 cm³/mol. The SMILES string of the molecule is CCC(CC)CNS(=O)(=O)c1cn[nH]c1N. The summed E-state index contributed by atoms with van der Waals surface area (Å²) in [6.45, 7) is 4.50. The van der Waals surface area contributed by atoms with Gasteiger partial charge < -0.3 is 5.73 Å². The molecule has 0 saturated carbocycles. The van der Waals surface area contributed by atoms with E-state index in [4.69, 9.17) is 5.73 Å². The lowest BCUT2D eigenvalue weighted by molar-refractivity contribution is 0.479. The lowest BCUT2D eigenvalue weighted by Crippen LogP contribution is -2.29. The maximum Gasteiger partial charge on any atom is 0.245 e. The Morgan fingerprint density at radius 1 is 1.50 bits per heavy atom. The van der Waals surface area contributed by atoms with Crippen LogP contribution in [0.2, 0.25) is 0 Å². The molecule has 6 nitrogen and oxygen atoms in total. The number of aromatic amines is 1. The van der Waals surface area contributed by atoms with E-state index < -0.39 is 10.0 Å². The van der Waals surface area contributed by atoms with Crippen molar-refractivity contribution in [2.45, 2.75) is 31.6 Å². The van der Waals surface area contributed by atoms with Gasteiger partial charge in [-0.1, -0.05) is 26.7 Å². The third-order valence-corrected chi connectivity index (χ3v) is 4.09. The van der Waals surface area contributed by atoms with E-state index in [9.17, 15) is 8.42 Å². The standard InChI is InChI=1S/C9H18N4O2S/c1-3-7(4-2)5-12-16(14,15)8-6-11-13-9(8)10/h6-7,12H,3-5H2,1-2H3,(H3,10,11,13). The molecule has 16 heavy (non-hydrogen) atoms. The van der Waals surface area contributed by atoms with E-state index in [2.05, 4.69) is 14.9 Å². The Kier molecular flexibility index (Phi) is 4.31. The van der Waals surface area contributed by atoms with Crippen LogP contribution in [0.3, 0.4) is 0 Å². The number of nitrogens with two attached hydrogens (primary N) is 1. The average Bonchev–Trinajstić information content (AvgIpc) is 2.66. The average molecular weight is 246 g/mol. The Morgan fingerprint density at radius 3 is 2.56 bits per heavy atom. The van der Waals surface area contributed by atoms with Gasteiger partial charge >= 0.3 is 0 Å². The monoisotopic (exact) mass is 246 g/mol. The molecule has 0 aromatic carbocycles. The van der Waals surface area contributed by atoms with Gasteiger partial charge in [0.15, 0.2) is 0 Å². The second kappa shape index (κ2) is 5.31. The van der Waals surface area contributed by atoms with E-state index in [-0.39, 0.29) is 10.7 Å². The van der Waals surface area contributed by atoms with Crippen LogP contribution in [0.1, 0.15) is 26.7 Å². The largest absolute Gasteiger partial charge is 0.383 e. The van der Waals surface area contributed by atoms with Crippen LogP contribution >= 0.6 is 0 Å². The topological polar surface area (TPSA) is 101 Å². The summed E-state index contributed by atoms with van der Waals surface area (Å²) in [6.07, 6.45) is 3.10. The highest BCUT2D eigenvalue weighted by molar-refractivity contribution is 7.89. The van der Waals surface area contributed by atoms with Crippen LogP contribution in [0.4, 0.5) is 5.82 Å². The summed E-state index contributed by atoms with van der Waals surface area (Å²) in [5, 5.41) is 5.99. The second-order valence-electron chi connectivity index (χ2n) is 3.68. The van der Waals surface area contributed by atoms with Gasteiger partial charge in [0, 0.05) is 6.54 Å². The lowest BCUT2D eigenvalue weighted by atomic mass is 10.0. The summed E-state index contributed by atoms with van der Waals surface area (Å²) in [5.41, 5.74) is 5.46. The van der Waals surface area contributed by atoms with Crippen LogP contribution in [0.25, 0.3) is 0 Å². The predicted octanol–water partition coefficient (Wildman–Crippen LogP) is 0.706. The van der Waals surface area contributed by atoms with E-state index in [1.54, 1.807) is 0 Å². The van der Waals surface area contributed by atoms with Gasteiger partial charge in [0.05, 0.1) is 6.20 Å². The van der Waals surface area contributed by atoms with Gasteiger partial charge in [0.25, 0.3) is 0 Å². The zero-order valence-corrected chi connectivity index (χ0v) is 10.3. The van der Waals surface area contributed by atoms with Crippen LogP contribution < -0.4 is 10.5 Å². The number of aromatic nitrogens is 2. The van der Waals surface area contributed by atoms with Gasteiger partial charge in [-0.15, -0.1) is 0 Å². The first-order valence-electron chi connectivity index (χ1n) is 5.29. The molecule has 0 saturated heterocycles. The molecular formula is C9H18N4O2S. The highest BCUT2D eigenvalue weighted by Crippen LogP contribution is 2.14. The second-order valence-corrected chi connectivity index (χ2v) is 5.42. The van der Waals surface area contributed by atoms with Gasteiger partial charge in [-0.2, -0.15) is 5.10 Å². The number of sulfonamides is 1. The number of hydrogen-bond donors (Lipinski definition) is 3. The van der Waals surface area contributed by atoms with E-state index in [0.29, 0.717) is 12.5 Å². The van der Waals surface area contributed by atoms with Crippen molar-refractivity contribution in [1.82, 2.24) is 14.9 Å². The number of nitrogens with one attached hydrogen (secondary N) is 2. The molecule has 0 radical (unpaired) electrons. The molecule has 4 N–H and O–H groups in total. The molecular weight excluding hydrogens is 228 g/mol. The van der Waals surface area contributed by atoms with Gasteiger partial charge in [0.2, 0.25) is 10.0 Å². The van der Waals surface area contributed by atoms with Crippen LogP contribution in [-0.2, 0) is 10.0 Å². The quantitative estimate of drug-likeness (QED) is 0.688. The fraction of sp³-hybridized carbons (Fsp3) is 0.667. The maximum absolute atomic E-state index is 11.8. The number of hydrogen-bond acceptors (Lipinski definition) is 4. The Morgan fingerprint density at radius 2 is 2.12 bits per heavy atom. The first-order valence-corrected chi connectivity index (χ1v) is 6.78. The Hall–Kier alpha value is -1.08. The Bertz CT molecular complexity index is 422. The number of nitrogens with zero attached hydrogens (tertiary/aromatic N) is 1. The lowest BCUT2D eigenvalue weighted by Gasteiger charge is -2.12. The summed E-state index contributed by atoms with van der Waals surface area (Å²) in [4.78, 5) is 0.0125. The van der Waals surface area contributed by atoms with E-state index in [1.165, 1.54) is 6.20 Å². The van der Waals surface area contributed by atoms with Crippen molar-refractivity contribution in [3.05, 3.63) is 6.20 Å². The maximum atomic E-state index is 11.8. The zero-order valence-electron chi connectivity index (χ0n) is 9.53. The van der Waals surface area contributed by atoms with Gasteiger partial charge in [-0.3, -0.25) is 5.10 Å². The highest BCUT2D eigenvalue weighted by atomic mass is 32.2. The van der Waals surface area contributed by atoms with Gasteiger partial charge in [0.1, 0.15) is 10.7 Å².